The van der Waals surface area contributed by atoms with Gasteiger partial charge in [-0.05, 0) is 49.2 Å². The Morgan fingerprint density at radius 2 is 1.73 bits per heavy atom. The number of hydrogen-bond donors (Lipinski definition) is 0. The fraction of sp³-hybridized carbons (Fsp3) is 0.517. The average Bonchev–Trinajstić information content (AvgIpc) is 3.25. The van der Waals surface area contributed by atoms with Gasteiger partial charge < -0.3 is 19.3 Å². The van der Waals surface area contributed by atoms with Gasteiger partial charge in [-0.2, -0.15) is 18.3 Å². The number of halogens is 3. The number of rotatable bonds is 9. The number of methoxy groups -OCH3 is 1. The summed E-state index contributed by atoms with van der Waals surface area (Å²) in [5, 5.41) is 5.60. The fourth-order valence-corrected chi connectivity index (χ4v) is 5.75. The molecule has 0 atom stereocenters. The molecular formula is C29H36F3N5O3. The van der Waals surface area contributed by atoms with E-state index >= 15 is 0 Å². The summed E-state index contributed by atoms with van der Waals surface area (Å²) in [6.45, 7) is 7.89. The van der Waals surface area contributed by atoms with Crippen LogP contribution < -0.4 is 9.47 Å². The van der Waals surface area contributed by atoms with E-state index in [0.29, 0.717) is 18.6 Å². The Labute approximate surface area is 232 Å². The van der Waals surface area contributed by atoms with Crippen LogP contribution in [0.3, 0.4) is 0 Å². The molecule has 0 saturated carbocycles. The molecule has 2 aliphatic rings. The van der Waals surface area contributed by atoms with Crippen molar-refractivity contribution in [2.24, 2.45) is 7.05 Å². The first-order valence-corrected chi connectivity index (χ1v) is 13.8. The first-order chi connectivity index (χ1) is 19.2. The molecule has 0 aliphatic carbocycles. The molecule has 0 unspecified atom stereocenters. The van der Waals surface area contributed by atoms with Crippen molar-refractivity contribution in [3.63, 3.8) is 0 Å². The summed E-state index contributed by atoms with van der Waals surface area (Å²) in [7, 11) is 3.27. The number of hydrogen-bond acceptors (Lipinski definition) is 6. The zero-order valence-corrected chi connectivity index (χ0v) is 23.3. The molecule has 40 heavy (non-hydrogen) atoms. The van der Waals surface area contributed by atoms with Crippen LogP contribution in [0.25, 0.3) is 22.2 Å². The third-order valence-corrected chi connectivity index (χ3v) is 7.69. The van der Waals surface area contributed by atoms with E-state index in [-0.39, 0.29) is 17.9 Å². The lowest BCUT2D eigenvalue weighted by Crippen LogP contribution is -2.47. The van der Waals surface area contributed by atoms with Crippen molar-refractivity contribution < 1.29 is 27.4 Å². The summed E-state index contributed by atoms with van der Waals surface area (Å²) >= 11 is 0. The minimum Gasteiger partial charge on any atom is -0.496 e. The van der Waals surface area contributed by atoms with Crippen LogP contribution >= 0.6 is 0 Å². The van der Waals surface area contributed by atoms with E-state index in [4.69, 9.17) is 9.47 Å². The van der Waals surface area contributed by atoms with Crippen LogP contribution in [0.4, 0.5) is 13.2 Å². The van der Waals surface area contributed by atoms with Crippen molar-refractivity contribution in [3.05, 3.63) is 41.5 Å². The maximum atomic E-state index is 13.0. The van der Waals surface area contributed by atoms with Crippen LogP contribution in [0.1, 0.15) is 29.3 Å². The predicted octanol–water partition coefficient (Wildman–Crippen LogP) is 4.22. The fourth-order valence-electron chi connectivity index (χ4n) is 5.75. The highest BCUT2D eigenvalue weighted by atomic mass is 19.4. The number of nitrogens with zero attached hydrogens (tertiary/aromatic N) is 5. The molecule has 3 heterocycles. The molecule has 11 heteroatoms. The minimum absolute atomic E-state index is 0.000785. The molecule has 216 valence electrons. The molecule has 1 fully saturated rings. The van der Waals surface area contributed by atoms with Gasteiger partial charge in [0.1, 0.15) is 24.7 Å². The quantitative estimate of drug-likeness (QED) is 0.392. The van der Waals surface area contributed by atoms with E-state index in [1.807, 2.05) is 31.3 Å². The van der Waals surface area contributed by atoms with Crippen molar-refractivity contribution >= 4 is 16.8 Å². The van der Waals surface area contributed by atoms with Gasteiger partial charge in [-0.25, -0.2) is 0 Å². The lowest BCUT2D eigenvalue weighted by molar-refractivity contribution is -0.141. The molecule has 5 rings (SSSR count). The van der Waals surface area contributed by atoms with Gasteiger partial charge in [-0.15, -0.1) is 0 Å². The van der Waals surface area contributed by atoms with Gasteiger partial charge in [-0.3, -0.25) is 14.4 Å². The zero-order chi connectivity index (χ0) is 28.4. The van der Waals surface area contributed by atoms with E-state index in [9.17, 15) is 18.0 Å². The second-order valence-corrected chi connectivity index (χ2v) is 10.5. The number of aromatic nitrogens is 2. The van der Waals surface area contributed by atoms with Crippen molar-refractivity contribution in [1.82, 2.24) is 24.5 Å². The standard InChI is InChI=1S/C29H36F3N5O3/c1-4-8-35-10-12-36(13-11-35)14-15-40-22-5-6-23-24(18-22)33-34(2)27(23)21-16-20-7-9-37(19-29(30,31)32)28(38)26(20)25(17-21)39-3/h5-6,16-18H,4,7-15,19H2,1-3H3. The van der Waals surface area contributed by atoms with Gasteiger partial charge in [0, 0.05) is 63.3 Å². The Morgan fingerprint density at radius 1 is 1.00 bits per heavy atom. The first kappa shape index (κ1) is 28.2. The molecule has 0 N–H and O–H groups in total. The van der Waals surface area contributed by atoms with Crippen LogP contribution in [-0.4, -0.2) is 103 Å². The molecular weight excluding hydrogens is 523 g/mol. The van der Waals surface area contributed by atoms with Gasteiger partial charge >= 0.3 is 6.18 Å². The van der Waals surface area contributed by atoms with Crippen molar-refractivity contribution in [3.8, 4) is 22.8 Å². The number of alkyl halides is 3. The van der Waals surface area contributed by atoms with Crippen LogP contribution in [0.5, 0.6) is 11.5 Å². The highest BCUT2D eigenvalue weighted by Gasteiger charge is 2.37. The van der Waals surface area contributed by atoms with Crippen LogP contribution in [0, 0.1) is 0 Å². The maximum Gasteiger partial charge on any atom is 0.406 e. The Balaban J connectivity index is 1.32. The van der Waals surface area contributed by atoms with Crippen molar-refractivity contribution in [2.75, 3.05) is 66.1 Å². The SMILES string of the molecule is CCCN1CCN(CCOc2ccc3c(-c4cc5c(c(OC)c4)C(=O)N(CC(F)(F)F)CC5)n(C)nc3c2)CC1. The molecule has 2 aliphatic heterocycles. The Hall–Kier alpha value is -3.31. The predicted molar refractivity (Wildman–Crippen MR) is 147 cm³/mol. The number of benzene rings is 2. The second-order valence-electron chi connectivity index (χ2n) is 10.5. The Morgan fingerprint density at radius 3 is 2.40 bits per heavy atom. The van der Waals surface area contributed by atoms with Crippen LogP contribution in [0.2, 0.25) is 0 Å². The number of piperazine rings is 1. The van der Waals surface area contributed by atoms with Gasteiger partial charge in [0.15, 0.2) is 0 Å². The topological polar surface area (TPSA) is 63.1 Å². The van der Waals surface area contributed by atoms with Gasteiger partial charge in [-0.1, -0.05) is 6.92 Å². The highest BCUT2D eigenvalue weighted by molar-refractivity contribution is 6.01. The van der Waals surface area contributed by atoms with E-state index in [0.717, 1.165) is 72.1 Å². The van der Waals surface area contributed by atoms with Gasteiger partial charge in [0.05, 0.1) is 23.9 Å². The van der Waals surface area contributed by atoms with Crippen LogP contribution in [-0.2, 0) is 13.5 Å². The van der Waals surface area contributed by atoms with Gasteiger partial charge in [0.25, 0.3) is 5.91 Å². The second kappa shape index (κ2) is 11.7. The molecule has 1 amide bonds. The summed E-state index contributed by atoms with van der Waals surface area (Å²) in [4.78, 5) is 18.7. The number of amides is 1. The van der Waals surface area contributed by atoms with E-state index in [2.05, 4.69) is 21.8 Å². The number of carbonyl (C=O) groups excluding carboxylic acids is 1. The average molecular weight is 560 g/mol. The zero-order valence-electron chi connectivity index (χ0n) is 23.3. The molecule has 1 aromatic heterocycles. The molecule has 0 spiro atoms. The van der Waals surface area contributed by atoms with E-state index in [1.54, 1.807) is 10.7 Å². The number of aryl methyl sites for hydroxylation is 1. The highest BCUT2D eigenvalue weighted by Crippen LogP contribution is 2.37. The van der Waals surface area contributed by atoms with Gasteiger partial charge in [0.2, 0.25) is 0 Å². The molecule has 2 aromatic carbocycles. The third-order valence-electron chi connectivity index (χ3n) is 7.69. The molecule has 3 aromatic rings. The summed E-state index contributed by atoms with van der Waals surface area (Å²) in [5.74, 6) is 0.343. The lowest BCUT2D eigenvalue weighted by Gasteiger charge is -2.34. The molecule has 0 radical (unpaired) electrons. The Kier molecular flexibility index (Phi) is 8.23. The van der Waals surface area contributed by atoms with Crippen molar-refractivity contribution in [1.29, 1.82) is 0 Å². The molecule has 0 bridgehead atoms. The first-order valence-electron chi connectivity index (χ1n) is 13.8. The van der Waals surface area contributed by atoms with E-state index in [1.165, 1.54) is 13.5 Å². The largest absolute Gasteiger partial charge is 0.496 e. The number of fused-ring (bicyclic) bond motifs is 2. The van der Waals surface area contributed by atoms with Crippen molar-refractivity contribution in [2.45, 2.75) is 25.9 Å². The summed E-state index contributed by atoms with van der Waals surface area (Å²) in [6.07, 6.45) is -2.96. The minimum atomic E-state index is -4.46. The van der Waals surface area contributed by atoms with E-state index < -0.39 is 18.6 Å². The maximum absolute atomic E-state index is 13.0. The number of carbonyl (C=O) groups is 1. The normalized spacial score (nSPS) is 16.9. The summed E-state index contributed by atoms with van der Waals surface area (Å²) in [6, 6.07) is 9.39. The smallest absolute Gasteiger partial charge is 0.406 e. The third kappa shape index (κ3) is 6.05. The molecule has 1 saturated heterocycles. The van der Waals surface area contributed by atoms with Crippen LogP contribution in [0.15, 0.2) is 30.3 Å². The monoisotopic (exact) mass is 559 g/mol. The Bertz CT molecular complexity index is 1350. The number of ether oxygens (including phenoxy) is 2. The summed E-state index contributed by atoms with van der Waals surface area (Å²) < 4.78 is 52.3. The molecule has 8 nitrogen and oxygen atoms in total. The summed E-state index contributed by atoms with van der Waals surface area (Å²) in [5.41, 5.74) is 3.25. The lowest BCUT2D eigenvalue weighted by atomic mass is 9.93.